The smallest absolute Gasteiger partial charge is 0.252 e. The molecule has 55 heavy (non-hydrogen) atoms. The van der Waals surface area contributed by atoms with Gasteiger partial charge in [-0.2, -0.15) is 0 Å². The maximum absolute atomic E-state index is 15.0. The predicted molar refractivity (Wildman–Crippen MR) is 228 cm³/mol. The Morgan fingerprint density at radius 2 is 0.945 bits per heavy atom. The van der Waals surface area contributed by atoms with Crippen molar-refractivity contribution in [3.05, 3.63) is 202 Å². The zero-order valence-electron chi connectivity index (χ0n) is 29.6. The second-order valence-corrected chi connectivity index (χ2v) is 14.3. The Labute approximate surface area is 316 Å². The van der Waals surface area contributed by atoms with Gasteiger partial charge in [-0.15, -0.1) is 0 Å². The molecule has 2 aromatic heterocycles. The number of fused-ring (bicyclic) bond motifs is 7. The summed E-state index contributed by atoms with van der Waals surface area (Å²) in [4.78, 5) is 29.7. The van der Waals surface area contributed by atoms with E-state index >= 15 is 0 Å². The van der Waals surface area contributed by atoms with Gasteiger partial charge < -0.3 is 9.14 Å². The molecule has 0 fully saturated rings. The second kappa shape index (κ2) is 12.2. The van der Waals surface area contributed by atoms with Crippen LogP contribution in [0.3, 0.4) is 0 Å². The second-order valence-electron chi connectivity index (χ2n) is 14.3. The third kappa shape index (κ3) is 4.66. The van der Waals surface area contributed by atoms with Crippen LogP contribution in [-0.4, -0.2) is 11.1 Å². The number of hydrogen-bond acceptors (Lipinski definition) is 3. The summed E-state index contributed by atoms with van der Waals surface area (Å²) >= 11 is 0. The molecule has 0 atom stereocenters. The summed E-state index contributed by atoms with van der Waals surface area (Å²) in [7, 11) is 0. The van der Waals surface area contributed by atoms with Crippen LogP contribution in [0.15, 0.2) is 192 Å². The van der Waals surface area contributed by atoms with E-state index in [9.17, 15) is 9.59 Å². The fourth-order valence-electron chi connectivity index (χ4n) is 8.86. The van der Waals surface area contributed by atoms with Gasteiger partial charge in [0.05, 0.1) is 21.9 Å². The van der Waals surface area contributed by atoms with Gasteiger partial charge >= 0.3 is 0 Å². The molecule has 5 heteroatoms. The van der Waals surface area contributed by atoms with Crippen molar-refractivity contribution in [2.45, 2.75) is 0 Å². The summed E-state index contributed by atoms with van der Waals surface area (Å²) in [6.45, 7) is -0.403. The van der Waals surface area contributed by atoms with E-state index in [1.807, 2.05) is 91.0 Å². The summed E-state index contributed by atoms with van der Waals surface area (Å²) in [5.41, 5.74) is 11.1. The van der Waals surface area contributed by atoms with Crippen LogP contribution in [-0.2, 0) is 0 Å². The highest BCUT2D eigenvalue weighted by Crippen LogP contribution is 2.38. The summed E-state index contributed by atoms with van der Waals surface area (Å²) in [5, 5.41) is 2.07. The number of hydrogen-bond donors (Lipinski definition) is 0. The first-order valence-electron chi connectivity index (χ1n) is 18.5. The lowest BCUT2D eigenvalue weighted by atomic mass is 9.34. The van der Waals surface area contributed by atoms with Crippen molar-refractivity contribution in [1.29, 1.82) is 0 Å². The number of ether oxygens (including phenoxy) is 1. The Bertz CT molecular complexity index is 3190. The van der Waals surface area contributed by atoms with Gasteiger partial charge in [-0.3, -0.25) is 9.59 Å². The zero-order chi connectivity index (χ0) is 36.6. The van der Waals surface area contributed by atoms with Gasteiger partial charge in [0.1, 0.15) is 11.5 Å². The average molecular weight is 704 g/mol. The largest absolute Gasteiger partial charge is 0.458 e. The number of rotatable bonds is 4. The van der Waals surface area contributed by atoms with Crippen LogP contribution in [0.1, 0.15) is 0 Å². The van der Waals surface area contributed by atoms with Gasteiger partial charge in [0.2, 0.25) is 5.43 Å². The molecule has 0 unspecified atom stereocenters. The lowest BCUT2D eigenvalue weighted by Crippen LogP contribution is -2.56. The molecule has 256 valence electrons. The van der Waals surface area contributed by atoms with Gasteiger partial charge in [-0.05, 0) is 92.8 Å². The van der Waals surface area contributed by atoms with Crippen LogP contribution >= 0.6 is 0 Å². The Morgan fingerprint density at radius 3 is 1.56 bits per heavy atom. The minimum atomic E-state index is -0.403. The van der Waals surface area contributed by atoms with Crippen LogP contribution in [0.4, 0.5) is 0 Å². The van der Waals surface area contributed by atoms with Gasteiger partial charge in [0.25, 0.3) is 6.71 Å². The summed E-state index contributed by atoms with van der Waals surface area (Å²) in [5.74, 6) is 1.17. The SMILES string of the molecule is O=c1c2ccccc2n2c3ccccc3c(=O)c3c4c(cc1c32)B(c1c(-c2ccccc2)cc(-c2ccccc2)cc1-c1ccccc1)c1ccccc1O4. The molecule has 0 saturated heterocycles. The molecule has 1 aliphatic heterocycles. The molecule has 0 spiro atoms. The van der Waals surface area contributed by atoms with E-state index < -0.39 is 6.71 Å². The fraction of sp³-hybridized carbons (Fsp3) is 0. The Kier molecular flexibility index (Phi) is 6.92. The van der Waals surface area contributed by atoms with Gasteiger partial charge in [0.15, 0.2) is 5.43 Å². The normalized spacial score (nSPS) is 12.3. The van der Waals surface area contributed by atoms with E-state index in [1.54, 1.807) is 0 Å². The molecule has 11 rings (SSSR count). The molecule has 8 aromatic carbocycles. The Balaban J connectivity index is 1.35. The molecule has 0 bridgehead atoms. The van der Waals surface area contributed by atoms with Crippen LogP contribution < -0.4 is 32.0 Å². The monoisotopic (exact) mass is 703 g/mol. The third-order valence-corrected chi connectivity index (χ3v) is 11.3. The van der Waals surface area contributed by atoms with Crippen LogP contribution in [0.25, 0.3) is 71.5 Å². The predicted octanol–water partition coefficient (Wildman–Crippen LogP) is 9.18. The van der Waals surface area contributed by atoms with Crippen molar-refractivity contribution in [2.75, 3.05) is 0 Å². The standard InChI is InChI=1S/C50H30BNO3/c53-48-35-22-10-13-25-42(35)52-43-26-14-11-23-36(43)49(54)45-47(52)39(48)30-41-50(45)55-44-27-15-12-24-40(44)51(41)46-37(32-18-6-2-7-19-32)28-34(31-16-4-1-5-17-31)29-38(46)33-20-8-3-9-21-33/h1-30H. The van der Waals surface area contributed by atoms with Crippen molar-refractivity contribution in [1.82, 2.24) is 4.40 Å². The molecule has 1 aliphatic rings. The first kappa shape index (κ1) is 31.3. The highest BCUT2D eigenvalue weighted by molar-refractivity contribution is 6.98. The van der Waals surface area contributed by atoms with Crippen LogP contribution in [0, 0.1) is 0 Å². The van der Waals surface area contributed by atoms with Crippen molar-refractivity contribution in [3.8, 4) is 44.9 Å². The lowest BCUT2D eigenvalue weighted by molar-refractivity contribution is 0.493. The van der Waals surface area contributed by atoms with Crippen LogP contribution in [0.5, 0.6) is 11.5 Å². The first-order chi connectivity index (χ1) is 27.2. The maximum atomic E-state index is 15.0. The first-order valence-corrected chi connectivity index (χ1v) is 18.5. The highest BCUT2D eigenvalue weighted by atomic mass is 16.5. The van der Waals surface area contributed by atoms with E-state index in [2.05, 4.69) is 95.4 Å². The topological polar surface area (TPSA) is 47.8 Å². The van der Waals surface area contributed by atoms with E-state index in [-0.39, 0.29) is 10.9 Å². The molecule has 0 saturated carbocycles. The van der Waals surface area contributed by atoms with Crippen molar-refractivity contribution >= 4 is 61.2 Å². The van der Waals surface area contributed by atoms with E-state index in [4.69, 9.17) is 4.74 Å². The van der Waals surface area contributed by atoms with E-state index in [0.29, 0.717) is 38.6 Å². The highest BCUT2D eigenvalue weighted by Gasteiger charge is 2.39. The Hall–Kier alpha value is -7.24. The number of benzene rings is 8. The molecule has 3 heterocycles. The molecule has 10 aromatic rings. The zero-order valence-corrected chi connectivity index (χ0v) is 29.6. The number of aromatic nitrogens is 1. The third-order valence-electron chi connectivity index (χ3n) is 11.3. The molecule has 0 aliphatic carbocycles. The number of pyridine rings is 2. The number of para-hydroxylation sites is 3. The van der Waals surface area contributed by atoms with Crippen molar-refractivity contribution in [3.63, 3.8) is 0 Å². The summed E-state index contributed by atoms with van der Waals surface area (Å²) in [6.07, 6.45) is 0. The van der Waals surface area contributed by atoms with Gasteiger partial charge in [-0.1, -0.05) is 139 Å². The quantitative estimate of drug-likeness (QED) is 0.104. The van der Waals surface area contributed by atoms with Crippen LogP contribution in [0.2, 0.25) is 0 Å². The maximum Gasteiger partial charge on any atom is 0.252 e. The minimum absolute atomic E-state index is 0.110. The van der Waals surface area contributed by atoms with E-state index in [0.717, 1.165) is 60.8 Å². The molecular formula is C50H30BNO3. The van der Waals surface area contributed by atoms with Gasteiger partial charge in [0, 0.05) is 16.2 Å². The molecule has 0 radical (unpaired) electrons. The Morgan fingerprint density at radius 1 is 0.436 bits per heavy atom. The summed E-state index contributed by atoms with van der Waals surface area (Å²) in [6, 6.07) is 61.5. The molecular weight excluding hydrogens is 673 g/mol. The lowest BCUT2D eigenvalue weighted by Gasteiger charge is -2.31. The molecule has 4 nitrogen and oxygen atoms in total. The summed E-state index contributed by atoms with van der Waals surface area (Å²) < 4.78 is 9.01. The molecule has 0 amide bonds. The minimum Gasteiger partial charge on any atom is -0.458 e. The number of nitrogens with zero attached hydrogens (tertiary/aromatic N) is 1. The van der Waals surface area contributed by atoms with E-state index in [1.165, 1.54) is 0 Å². The average Bonchev–Trinajstić information content (AvgIpc) is 3.25. The van der Waals surface area contributed by atoms with Gasteiger partial charge in [-0.25, -0.2) is 0 Å². The molecule has 0 N–H and O–H groups in total. The fourth-order valence-corrected chi connectivity index (χ4v) is 8.86. The van der Waals surface area contributed by atoms with Crippen molar-refractivity contribution in [2.24, 2.45) is 0 Å². The van der Waals surface area contributed by atoms with Crippen molar-refractivity contribution < 1.29 is 4.74 Å².